The van der Waals surface area contributed by atoms with Gasteiger partial charge in [-0.05, 0) is 37.5 Å². The molecule has 0 N–H and O–H groups in total. The highest BCUT2D eigenvalue weighted by molar-refractivity contribution is 5.89. The Kier molecular flexibility index (Phi) is 2.90. The van der Waals surface area contributed by atoms with Crippen molar-refractivity contribution in [1.29, 1.82) is 0 Å². The zero-order valence-electron chi connectivity index (χ0n) is 13.4. The van der Waals surface area contributed by atoms with Crippen LogP contribution >= 0.6 is 0 Å². The monoisotopic (exact) mass is 304 g/mol. The van der Waals surface area contributed by atoms with Gasteiger partial charge in [0.05, 0.1) is 5.92 Å². The maximum Gasteiger partial charge on any atom is 0.309 e. The summed E-state index contributed by atoms with van der Waals surface area (Å²) < 4.78 is 5.75. The molecule has 120 valence electrons. The van der Waals surface area contributed by atoms with Crippen LogP contribution in [0, 0.1) is 28.6 Å². The van der Waals surface area contributed by atoms with E-state index in [1.165, 1.54) is 0 Å². The molecule has 4 aliphatic rings. The lowest BCUT2D eigenvalue weighted by Gasteiger charge is -2.57. The minimum Gasteiger partial charge on any atom is -0.461 e. The molecule has 3 saturated carbocycles. The Morgan fingerprint density at radius 2 is 1.77 bits per heavy atom. The van der Waals surface area contributed by atoms with Gasteiger partial charge in [-0.15, -0.1) is 0 Å². The fraction of sp³-hybridized carbons (Fsp3) is 0.833. The van der Waals surface area contributed by atoms with Crippen LogP contribution in [0.1, 0.15) is 58.8 Å². The van der Waals surface area contributed by atoms with Gasteiger partial charge >= 0.3 is 5.97 Å². The fourth-order valence-corrected chi connectivity index (χ4v) is 5.91. The van der Waals surface area contributed by atoms with Crippen LogP contribution in [-0.2, 0) is 19.1 Å². The fourth-order valence-electron chi connectivity index (χ4n) is 5.91. The van der Waals surface area contributed by atoms with Gasteiger partial charge in [0, 0.05) is 30.1 Å². The second kappa shape index (κ2) is 4.42. The molecule has 1 saturated heterocycles. The number of esters is 1. The van der Waals surface area contributed by atoms with Gasteiger partial charge in [-0.25, -0.2) is 0 Å². The van der Waals surface area contributed by atoms with Gasteiger partial charge in [-0.1, -0.05) is 13.8 Å². The van der Waals surface area contributed by atoms with Gasteiger partial charge in [-0.2, -0.15) is 0 Å². The Balaban J connectivity index is 1.72. The molecule has 4 rings (SSSR count). The van der Waals surface area contributed by atoms with Crippen LogP contribution in [0.4, 0.5) is 0 Å². The maximum absolute atomic E-state index is 12.7. The second-order valence-electron chi connectivity index (χ2n) is 8.33. The molecule has 4 heteroatoms. The van der Waals surface area contributed by atoms with Crippen molar-refractivity contribution in [2.24, 2.45) is 28.6 Å². The van der Waals surface area contributed by atoms with E-state index in [0.717, 1.165) is 25.7 Å². The first-order chi connectivity index (χ1) is 10.4. The van der Waals surface area contributed by atoms with Gasteiger partial charge in [-0.3, -0.25) is 14.4 Å². The molecule has 0 aromatic rings. The lowest BCUT2D eigenvalue weighted by atomic mass is 9.50. The van der Waals surface area contributed by atoms with Gasteiger partial charge in [0.2, 0.25) is 0 Å². The normalized spacial score (nSPS) is 50.9. The molecular weight excluding hydrogens is 280 g/mol. The first-order valence-electron chi connectivity index (χ1n) is 8.62. The zero-order chi connectivity index (χ0) is 15.7. The average molecular weight is 304 g/mol. The molecule has 0 amide bonds. The summed E-state index contributed by atoms with van der Waals surface area (Å²) in [6.07, 6.45) is 4.80. The minimum atomic E-state index is -0.326. The largest absolute Gasteiger partial charge is 0.461 e. The van der Waals surface area contributed by atoms with Crippen molar-refractivity contribution >= 4 is 17.5 Å². The number of Topliss-reactive ketones (excluding diaryl/α,β-unsaturated/α-hetero) is 2. The summed E-state index contributed by atoms with van der Waals surface area (Å²) in [5, 5.41) is 0. The van der Waals surface area contributed by atoms with E-state index in [2.05, 4.69) is 13.8 Å². The number of hydrogen-bond donors (Lipinski definition) is 0. The predicted molar refractivity (Wildman–Crippen MR) is 78.9 cm³/mol. The summed E-state index contributed by atoms with van der Waals surface area (Å²) in [6.45, 7) is 4.25. The molecule has 0 aromatic heterocycles. The number of hydrogen-bond acceptors (Lipinski definition) is 4. The van der Waals surface area contributed by atoms with Gasteiger partial charge < -0.3 is 4.74 Å². The Morgan fingerprint density at radius 3 is 2.55 bits per heavy atom. The van der Waals surface area contributed by atoms with Crippen LogP contribution < -0.4 is 0 Å². The standard InChI is InChI=1S/C18H24O4/c1-17-8-6-12-15(11(17)3-4-13(17)20)16(21)22-14-9-10(19)5-7-18(12,14)2/h11-12,14-15H,3-9H2,1-2H3/t11-,12-,14+,15-,17-,18+/m0/s1. The summed E-state index contributed by atoms with van der Waals surface area (Å²) in [5.41, 5.74) is -0.409. The summed E-state index contributed by atoms with van der Waals surface area (Å²) in [7, 11) is 0. The third-order valence-electron chi connectivity index (χ3n) is 7.45. The van der Waals surface area contributed by atoms with Crippen molar-refractivity contribution in [2.45, 2.75) is 64.9 Å². The lowest BCUT2D eigenvalue weighted by Crippen LogP contribution is -2.60. The third-order valence-corrected chi connectivity index (χ3v) is 7.45. The van der Waals surface area contributed by atoms with E-state index in [9.17, 15) is 14.4 Å². The van der Waals surface area contributed by atoms with E-state index < -0.39 is 0 Å². The summed E-state index contributed by atoms with van der Waals surface area (Å²) in [4.78, 5) is 36.8. The molecule has 4 nitrogen and oxygen atoms in total. The summed E-state index contributed by atoms with van der Waals surface area (Å²) >= 11 is 0. The topological polar surface area (TPSA) is 60.4 Å². The van der Waals surface area contributed by atoms with E-state index in [1.807, 2.05) is 0 Å². The van der Waals surface area contributed by atoms with Crippen LogP contribution in [0.5, 0.6) is 0 Å². The van der Waals surface area contributed by atoms with E-state index in [4.69, 9.17) is 4.74 Å². The molecule has 4 fully saturated rings. The van der Waals surface area contributed by atoms with Crippen LogP contribution in [0.3, 0.4) is 0 Å². The van der Waals surface area contributed by atoms with Crippen molar-refractivity contribution in [1.82, 2.24) is 0 Å². The van der Waals surface area contributed by atoms with Crippen molar-refractivity contribution in [3.8, 4) is 0 Å². The first kappa shape index (κ1) is 14.4. The number of carbonyl (C=O) groups excluding carboxylic acids is 3. The van der Waals surface area contributed by atoms with Crippen molar-refractivity contribution in [3.63, 3.8) is 0 Å². The molecule has 0 unspecified atom stereocenters. The molecule has 1 aliphatic heterocycles. The van der Waals surface area contributed by atoms with Gasteiger partial charge in [0.25, 0.3) is 0 Å². The van der Waals surface area contributed by atoms with Crippen LogP contribution in [0.2, 0.25) is 0 Å². The van der Waals surface area contributed by atoms with E-state index in [-0.39, 0.29) is 46.4 Å². The average Bonchev–Trinajstić information content (AvgIpc) is 2.77. The summed E-state index contributed by atoms with van der Waals surface area (Å²) in [6, 6.07) is 0. The van der Waals surface area contributed by atoms with Crippen molar-refractivity contribution in [2.75, 3.05) is 0 Å². The van der Waals surface area contributed by atoms with Crippen LogP contribution in [0.25, 0.3) is 0 Å². The number of rotatable bonds is 0. The number of carbonyl (C=O) groups is 3. The Bertz CT molecular complexity index is 567. The maximum atomic E-state index is 12.7. The Labute approximate surface area is 131 Å². The highest BCUT2D eigenvalue weighted by Crippen LogP contribution is 2.62. The molecule has 3 aliphatic carbocycles. The Morgan fingerprint density at radius 1 is 1.00 bits per heavy atom. The van der Waals surface area contributed by atoms with E-state index >= 15 is 0 Å². The molecule has 0 aromatic carbocycles. The highest BCUT2D eigenvalue weighted by Gasteiger charge is 2.64. The Hall–Kier alpha value is -1.19. The van der Waals surface area contributed by atoms with Crippen molar-refractivity contribution < 1.29 is 19.1 Å². The van der Waals surface area contributed by atoms with E-state index in [0.29, 0.717) is 25.0 Å². The molecule has 22 heavy (non-hydrogen) atoms. The number of fused-ring (bicyclic) bond motifs is 5. The number of ketones is 2. The van der Waals surface area contributed by atoms with Crippen LogP contribution in [-0.4, -0.2) is 23.6 Å². The quantitative estimate of drug-likeness (QED) is 0.646. The summed E-state index contributed by atoms with van der Waals surface area (Å²) in [5.74, 6) is 0.671. The minimum absolute atomic E-state index is 0.0839. The highest BCUT2D eigenvalue weighted by atomic mass is 16.5. The zero-order valence-corrected chi connectivity index (χ0v) is 13.4. The smallest absolute Gasteiger partial charge is 0.309 e. The van der Waals surface area contributed by atoms with Gasteiger partial charge in [0.1, 0.15) is 17.7 Å². The molecule has 0 bridgehead atoms. The molecular formula is C18H24O4. The molecule has 6 atom stereocenters. The van der Waals surface area contributed by atoms with E-state index in [1.54, 1.807) is 0 Å². The second-order valence-corrected chi connectivity index (χ2v) is 8.33. The van der Waals surface area contributed by atoms with Crippen LogP contribution in [0.15, 0.2) is 0 Å². The number of ether oxygens (including phenoxy) is 1. The molecule has 0 radical (unpaired) electrons. The predicted octanol–water partition coefficient (Wildman–Crippen LogP) is 2.68. The van der Waals surface area contributed by atoms with Crippen molar-refractivity contribution in [3.05, 3.63) is 0 Å². The van der Waals surface area contributed by atoms with Gasteiger partial charge in [0.15, 0.2) is 0 Å². The molecule has 1 heterocycles. The lowest BCUT2D eigenvalue weighted by molar-refractivity contribution is -0.206. The molecule has 0 spiro atoms. The SMILES string of the molecule is C[C@]12CCC(=O)C[C@H]1OC(=O)[C@@H]1[C@@H]2CC[C@]2(C)C(=O)CC[C@@H]12. The third kappa shape index (κ3) is 1.67. The first-order valence-corrected chi connectivity index (χ1v) is 8.62.